The van der Waals surface area contributed by atoms with E-state index in [-0.39, 0.29) is 11.0 Å². The highest BCUT2D eigenvalue weighted by Crippen LogP contribution is 2.24. The molecule has 0 amide bonds. The second-order valence-electron chi connectivity index (χ2n) is 4.95. The molecule has 0 saturated carbocycles. The van der Waals surface area contributed by atoms with Crippen molar-refractivity contribution in [1.29, 1.82) is 0 Å². The third-order valence-electron chi connectivity index (χ3n) is 3.21. The normalized spacial score (nSPS) is 12.3. The fraction of sp³-hybridized carbons (Fsp3) is 0.188. The van der Waals surface area contributed by atoms with E-state index < -0.39 is 0 Å². The molecule has 0 aliphatic heterocycles. The summed E-state index contributed by atoms with van der Waals surface area (Å²) >= 11 is 6.44. The van der Waals surface area contributed by atoms with Crippen LogP contribution >= 0.6 is 39.0 Å². The lowest BCUT2D eigenvalue weighted by Gasteiger charge is -2.07. The number of hydrogen-bond acceptors (Lipinski definition) is 5. The van der Waals surface area contributed by atoms with Crippen molar-refractivity contribution in [2.24, 2.45) is 0 Å². The first kappa shape index (κ1) is 16.4. The van der Waals surface area contributed by atoms with E-state index in [1.165, 1.54) is 16.6 Å². The Labute approximate surface area is 150 Å². The number of H-pyrrole nitrogens is 1. The summed E-state index contributed by atoms with van der Waals surface area (Å²) in [7, 11) is 0. The minimum atomic E-state index is -0.235. The molecule has 7 heteroatoms. The van der Waals surface area contributed by atoms with Crippen LogP contribution in [0.1, 0.15) is 28.0 Å². The Morgan fingerprint density at radius 1 is 1.35 bits per heavy atom. The molecule has 118 valence electrons. The molecule has 2 aromatic heterocycles. The number of benzene rings is 1. The molecule has 0 radical (unpaired) electrons. The van der Waals surface area contributed by atoms with E-state index in [4.69, 9.17) is 0 Å². The van der Waals surface area contributed by atoms with Gasteiger partial charge in [0.1, 0.15) is 5.82 Å². The minimum Gasteiger partial charge on any atom is -0.293 e. The van der Waals surface area contributed by atoms with Gasteiger partial charge in [-0.05, 0) is 30.5 Å². The highest BCUT2D eigenvalue weighted by Gasteiger charge is 2.18. The number of nitrogens with zero attached hydrogens (tertiary/aromatic N) is 2. The molecule has 0 fully saturated rings. The number of Topliss-reactive ketones (excluding diaryl/α,β-unsaturated/α-hetero) is 1. The van der Waals surface area contributed by atoms with Crippen LogP contribution in [0.5, 0.6) is 0 Å². The van der Waals surface area contributed by atoms with Gasteiger partial charge in [-0.25, -0.2) is 4.98 Å². The Kier molecular flexibility index (Phi) is 5.30. The highest BCUT2D eigenvalue weighted by molar-refractivity contribution is 9.10. The second kappa shape index (κ2) is 7.42. The Morgan fingerprint density at radius 2 is 2.13 bits per heavy atom. The maximum Gasteiger partial charge on any atom is 0.209 e. The molecule has 3 rings (SSSR count). The Bertz CT molecular complexity index is 784. The Balaban J connectivity index is 1.63. The molecule has 2 heterocycles. The third-order valence-corrected chi connectivity index (χ3v) is 5.58. The van der Waals surface area contributed by atoms with Crippen LogP contribution in [0.15, 0.2) is 51.4 Å². The SMILES string of the molecule is CC(Sc1n[nH]c(Cc2cccs2)n1)C(=O)c1ccc(Br)cc1. The zero-order valence-electron chi connectivity index (χ0n) is 12.3. The summed E-state index contributed by atoms with van der Waals surface area (Å²) in [5.41, 5.74) is 0.697. The highest BCUT2D eigenvalue weighted by atomic mass is 79.9. The van der Waals surface area contributed by atoms with Gasteiger partial charge in [-0.3, -0.25) is 9.89 Å². The zero-order chi connectivity index (χ0) is 16.2. The van der Waals surface area contributed by atoms with E-state index in [1.807, 2.05) is 42.6 Å². The average Bonchev–Trinajstić information content (AvgIpc) is 3.20. The molecule has 0 aliphatic carbocycles. The van der Waals surface area contributed by atoms with E-state index in [0.717, 1.165) is 16.7 Å². The summed E-state index contributed by atoms with van der Waals surface area (Å²) in [6.07, 6.45) is 0.736. The quantitative estimate of drug-likeness (QED) is 0.479. The maximum atomic E-state index is 12.4. The number of carbonyl (C=O) groups is 1. The zero-order valence-corrected chi connectivity index (χ0v) is 15.5. The summed E-state index contributed by atoms with van der Waals surface area (Å²) in [5.74, 6) is 0.894. The third kappa shape index (κ3) is 4.31. The number of halogens is 1. The van der Waals surface area contributed by atoms with Crippen molar-refractivity contribution in [2.75, 3.05) is 0 Å². The van der Waals surface area contributed by atoms with Gasteiger partial charge < -0.3 is 0 Å². The number of aromatic amines is 1. The number of thioether (sulfide) groups is 1. The molecule has 1 aromatic carbocycles. The van der Waals surface area contributed by atoms with Crippen LogP contribution in [-0.2, 0) is 6.42 Å². The molecule has 4 nitrogen and oxygen atoms in total. The molecule has 1 N–H and O–H groups in total. The van der Waals surface area contributed by atoms with Crippen LogP contribution in [0.4, 0.5) is 0 Å². The average molecular weight is 408 g/mol. The maximum absolute atomic E-state index is 12.4. The lowest BCUT2D eigenvalue weighted by molar-refractivity contribution is 0.0994. The van der Waals surface area contributed by atoms with E-state index in [2.05, 4.69) is 37.2 Å². The van der Waals surface area contributed by atoms with Gasteiger partial charge in [-0.15, -0.1) is 16.4 Å². The van der Waals surface area contributed by atoms with E-state index in [0.29, 0.717) is 10.7 Å². The van der Waals surface area contributed by atoms with Crippen molar-refractivity contribution < 1.29 is 4.79 Å². The summed E-state index contributed by atoms with van der Waals surface area (Å²) < 4.78 is 0.960. The lowest BCUT2D eigenvalue weighted by atomic mass is 10.1. The first-order valence-electron chi connectivity index (χ1n) is 7.02. The molecule has 3 aromatic rings. The van der Waals surface area contributed by atoms with Crippen LogP contribution in [0, 0.1) is 0 Å². The Morgan fingerprint density at radius 3 is 2.83 bits per heavy atom. The molecule has 0 bridgehead atoms. The summed E-state index contributed by atoms with van der Waals surface area (Å²) in [6, 6.07) is 11.5. The number of aromatic nitrogens is 3. The first-order chi connectivity index (χ1) is 11.1. The first-order valence-corrected chi connectivity index (χ1v) is 9.57. The molecule has 0 spiro atoms. The van der Waals surface area contributed by atoms with E-state index in [9.17, 15) is 4.79 Å². The number of hydrogen-bond donors (Lipinski definition) is 1. The van der Waals surface area contributed by atoms with E-state index in [1.54, 1.807) is 11.3 Å². The van der Waals surface area contributed by atoms with Crippen molar-refractivity contribution >= 4 is 44.8 Å². The van der Waals surface area contributed by atoms with Crippen LogP contribution in [0.3, 0.4) is 0 Å². The fourth-order valence-electron chi connectivity index (χ4n) is 2.05. The van der Waals surface area contributed by atoms with Crippen molar-refractivity contribution in [1.82, 2.24) is 15.2 Å². The Hall–Kier alpha value is -1.44. The number of ketones is 1. The number of thiophene rings is 1. The predicted octanol–water partition coefficient (Wildman–Crippen LogP) is 4.58. The molecule has 0 saturated heterocycles. The van der Waals surface area contributed by atoms with Crippen molar-refractivity contribution in [2.45, 2.75) is 23.8 Å². The molecular formula is C16H14BrN3OS2. The van der Waals surface area contributed by atoms with Gasteiger partial charge in [-0.1, -0.05) is 45.9 Å². The van der Waals surface area contributed by atoms with Gasteiger partial charge in [0.2, 0.25) is 5.16 Å². The van der Waals surface area contributed by atoms with Gasteiger partial charge in [0.25, 0.3) is 0 Å². The summed E-state index contributed by atoms with van der Waals surface area (Å²) in [5, 5.41) is 9.55. The van der Waals surface area contributed by atoms with Crippen LogP contribution in [0.2, 0.25) is 0 Å². The number of nitrogens with one attached hydrogen (secondary N) is 1. The monoisotopic (exact) mass is 407 g/mol. The van der Waals surface area contributed by atoms with Gasteiger partial charge in [0.05, 0.1) is 5.25 Å². The topological polar surface area (TPSA) is 58.6 Å². The van der Waals surface area contributed by atoms with E-state index >= 15 is 0 Å². The second-order valence-corrected chi connectivity index (χ2v) is 8.21. The predicted molar refractivity (Wildman–Crippen MR) is 97.3 cm³/mol. The summed E-state index contributed by atoms with van der Waals surface area (Å²) in [6.45, 7) is 1.88. The van der Waals surface area contributed by atoms with Gasteiger partial charge >= 0.3 is 0 Å². The van der Waals surface area contributed by atoms with Crippen LogP contribution in [-0.4, -0.2) is 26.2 Å². The van der Waals surface area contributed by atoms with Crippen molar-refractivity contribution in [3.05, 3.63) is 62.5 Å². The number of carbonyl (C=O) groups excluding carboxylic acids is 1. The van der Waals surface area contributed by atoms with Gasteiger partial charge in [-0.2, -0.15) is 0 Å². The number of rotatable bonds is 6. The lowest BCUT2D eigenvalue weighted by Crippen LogP contribution is -2.13. The standard InChI is InChI=1S/C16H14BrN3OS2/c1-10(15(21)11-4-6-12(17)7-5-11)23-16-18-14(19-20-16)9-13-3-2-8-22-13/h2-8,10H,9H2,1H3,(H,18,19,20). The van der Waals surface area contributed by atoms with Crippen molar-refractivity contribution in [3.8, 4) is 0 Å². The van der Waals surface area contributed by atoms with Crippen molar-refractivity contribution in [3.63, 3.8) is 0 Å². The van der Waals surface area contributed by atoms with Crippen LogP contribution < -0.4 is 0 Å². The minimum absolute atomic E-state index is 0.0760. The van der Waals surface area contributed by atoms with Crippen LogP contribution in [0.25, 0.3) is 0 Å². The molecular weight excluding hydrogens is 394 g/mol. The smallest absolute Gasteiger partial charge is 0.209 e. The molecule has 0 aliphatic rings. The van der Waals surface area contributed by atoms with Gasteiger partial charge in [0.15, 0.2) is 5.78 Å². The fourth-order valence-corrected chi connectivity index (χ4v) is 3.84. The summed E-state index contributed by atoms with van der Waals surface area (Å²) in [4.78, 5) is 18.1. The molecule has 1 atom stereocenters. The molecule has 23 heavy (non-hydrogen) atoms. The largest absolute Gasteiger partial charge is 0.293 e. The van der Waals surface area contributed by atoms with Gasteiger partial charge in [0, 0.05) is 21.3 Å². The molecule has 1 unspecified atom stereocenters.